The Kier molecular flexibility index (Phi) is 6.22. The van der Waals surface area contributed by atoms with Gasteiger partial charge < -0.3 is 14.8 Å². The summed E-state index contributed by atoms with van der Waals surface area (Å²) in [6.45, 7) is 1.80. The number of methoxy groups -OCH3 is 1. The molecule has 7 heteroatoms. The quantitative estimate of drug-likeness (QED) is 0.284. The molecule has 0 spiro atoms. The number of ether oxygens (including phenoxy) is 2. The smallest absolute Gasteiger partial charge is 0.274 e. The zero-order valence-corrected chi connectivity index (χ0v) is 18.2. The van der Waals surface area contributed by atoms with Crippen LogP contribution in [-0.4, -0.2) is 17.9 Å². The summed E-state index contributed by atoms with van der Waals surface area (Å²) in [7, 11) is 1.56. The van der Waals surface area contributed by atoms with Crippen molar-refractivity contribution in [3.05, 3.63) is 106 Å². The van der Waals surface area contributed by atoms with Gasteiger partial charge in [-0.15, -0.1) is 0 Å². The van der Waals surface area contributed by atoms with Crippen molar-refractivity contribution >= 4 is 28.1 Å². The lowest BCUT2D eigenvalue weighted by Crippen LogP contribution is -2.14. The van der Waals surface area contributed by atoms with Crippen LogP contribution in [0, 0.1) is 17.0 Å². The Morgan fingerprint density at radius 3 is 2.52 bits per heavy atom. The molecule has 166 valence electrons. The van der Waals surface area contributed by atoms with Crippen LogP contribution in [0.1, 0.15) is 21.5 Å². The van der Waals surface area contributed by atoms with Crippen LogP contribution in [-0.2, 0) is 6.61 Å². The summed E-state index contributed by atoms with van der Waals surface area (Å²) >= 11 is 0. The Morgan fingerprint density at radius 1 is 0.970 bits per heavy atom. The van der Waals surface area contributed by atoms with E-state index in [-0.39, 0.29) is 18.2 Å². The first-order valence-electron chi connectivity index (χ1n) is 10.3. The van der Waals surface area contributed by atoms with Crippen molar-refractivity contribution in [1.29, 1.82) is 0 Å². The van der Waals surface area contributed by atoms with E-state index in [1.807, 2.05) is 42.5 Å². The minimum Gasteiger partial charge on any atom is -0.496 e. The van der Waals surface area contributed by atoms with Gasteiger partial charge in [0.05, 0.1) is 23.3 Å². The highest BCUT2D eigenvalue weighted by Gasteiger charge is 2.17. The molecule has 0 aliphatic carbocycles. The van der Waals surface area contributed by atoms with Gasteiger partial charge in [-0.05, 0) is 42.6 Å². The van der Waals surface area contributed by atoms with Crippen LogP contribution in [0.5, 0.6) is 11.5 Å². The molecule has 0 fully saturated rings. The van der Waals surface area contributed by atoms with Gasteiger partial charge in [0.15, 0.2) is 0 Å². The molecule has 0 radical (unpaired) electrons. The number of benzene rings is 4. The topological polar surface area (TPSA) is 90.7 Å². The maximum atomic E-state index is 12.9. The number of fused-ring (bicyclic) bond motifs is 1. The second kappa shape index (κ2) is 9.40. The van der Waals surface area contributed by atoms with Gasteiger partial charge in [0.2, 0.25) is 0 Å². The summed E-state index contributed by atoms with van der Waals surface area (Å²) in [6, 6.07) is 23.4. The van der Waals surface area contributed by atoms with Gasteiger partial charge in [0, 0.05) is 22.6 Å². The number of hydrogen-bond acceptors (Lipinski definition) is 5. The maximum Gasteiger partial charge on any atom is 0.274 e. The fourth-order valence-electron chi connectivity index (χ4n) is 3.66. The SMILES string of the molecule is COc1ccc(C(=O)Nc2cccc([N+](=O)[O-])c2C)cc1COc1cccc2ccccc12. The van der Waals surface area contributed by atoms with Crippen LogP contribution in [0.25, 0.3) is 10.8 Å². The standard InChI is InChI=1S/C26H22N2O5/c1-17-22(10-6-11-23(17)28(30)31)27-26(29)19-13-14-24(32-2)20(15-19)16-33-25-12-5-8-18-7-3-4-9-21(18)25/h3-15H,16H2,1-2H3,(H,27,29). The Labute approximate surface area is 190 Å². The molecule has 4 rings (SSSR count). The number of amides is 1. The molecule has 0 aliphatic rings. The predicted molar refractivity (Wildman–Crippen MR) is 127 cm³/mol. The van der Waals surface area contributed by atoms with Gasteiger partial charge in [-0.1, -0.05) is 42.5 Å². The highest BCUT2D eigenvalue weighted by Crippen LogP contribution is 2.29. The van der Waals surface area contributed by atoms with Crippen LogP contribution in [0.4, 0.5) is 11.4 Å². The predicted octanol–water partition coefficient (Wildman–Crippen LogP) is 5.90. The van der Waals surface area contributed by atoms with Crippen molar-refractivity contribution in [2.75, 3.05) is 12.4 Å². The summed E-state index contributed by atoms with van der Waals surface area (Å²) in [5, 5.41) is 16.0. The van der Waals surface area contributed by atoms with Crippen molar-refractivity contribution in [3.8, 4) is 11.5 Å². The molecule has 0 bridgehead atoms. The maximum absolute atomic E-state index is 12.9. The van der Waals surface area contributed by atoms with Crippen molar-refractivity contribution in [2.45, 2.75) is 13.5 Å². The third-order valence-corrected chi connectivity index (χ3v) is 5.43. The lowest BCUT2D eigenvalue weighted by molar-refractivity contribution is -0.385. The highest BCUT2D eigenvalue weighted by molar-refractivity contribution is 6.05. The molecule has 4 aromatic carbocycles. The lowest BCUT2D eigenvalue weighted by Gasteiger charge is -2.14. The third-order valence-electron chi connectivity index (χ3n) is 5.43. The van der Waals surface area contributed by atoms with Crippen LogP contribution >= 0.6 is 0 Å². The van der Waals surface area contributed by atoms with E-state index in [2.05, 4.69) is 5.32 Å². The highest BCUT2D eigenvalue weighted by atomic mass is 16.6. The molecule has 0 aromatic heterocycles. The van der Waals surface area contributed by atoms with E-state index in [4.69, 9.17) is 9.47 Å². The second-order valence-corrected chi connectivity index (χ2v) is 7.45. The number of nitro groups is 1. The number of nitrogens with zero attached hydrogens (tertiary/aromatic N) is 1. The van der Waals surface area contributed by atoms with E-state index in [9.17, 15) is 14.9 Å². The Morgan fingerprint density at radius 2 is 1.73 bits per heavy atom. The number of nitro benzene ring substituents is 1. The molecule has 33 heavy (non-hydrogen) atoms. The first-order chi connectivity index (χ1) is 16.0. The van der Waals surface area contributed by atoms with Crippen molar-refractivity contribution in [3.63, 3.8) is 0 Å². The molecule has 0 heterocycles. The Bertz CT molecular complexity index is 1340. The van der Waals surface area contributed by atoms with Gasteiger partial charge in [0.25, 0.3) is 11.6 Å². The van der Waals surface area contributed by atoms with E-state index in [1.165, 1.54) is 12.1 Å². The molecule has 0 unspecified atom stereocenters. The van der Waals surface area contributed by atoms with Crippen LogP contribution in [0.15, 0.2) is 78.9 Å². The van der Waals surface area contributed by atoms with Crippen molar-refractivity contribution < 1.29 is 19.2 Å². The van der Waals surface area contributed by atoms with Crippen LogP contribution < -0.4 is 14.8 Å². The molecule has 0 atom stereocenters. The molecule has 7 nitrogen and oxygen atoms in total. The van der Waals surface area contributed by atoms with E-state index >= 15 is 0 Å². The first-order valence-corrected chi connectivity index (χ1v) is 10.3. The fourth-order valence-corrected chi connectivity index (χ4v) is 3.66. The van der Waals surface area contributed by atoms with Gasteiger partial charge in [-0.2, -0.15) is 0 Å². The second-order valence-electron chi connectivity index (χ2n) is 7.45. The molecule has 4 aromatic rings. The normalized spacial score (nSPS) is 10.6. The average Bonchev–Trinajstić information content (AvgIpc) is 2.83. The number of nitrogens with one attached hydrogen (secondary N) is 1. The van der Waals surface area contributed by atoms with Gasteiger partial charge in [-0.3, -0.25) is 14.9 Å². The van der Waals surface area contributed by atoms with Gasteiger partial charge >= 0.3 is 0 Å². The minimum atomic E-state index is -0.471. The first kappa shape index (κ1) is 21.8. The van der Waals surface area contributed by atoms with Gasteiger partial charge in [0.1, 0.15) is 18.1 Å². The summed E-state index contributed by atoms with van der Waals surface area (Å²) in [5.41, 5.74) is 1.82. The zero-order chi connectivity index (χ0) is 23.4. The number of carbonyl (C=O) groups is 1. The van der Waals surface area contributed by atoms with Gasteiger partial charge in [-0.25, -0.2) is 0 Å². The molecule has 1 amide bonds. The van der Waals surface area contributed by atoms with E-state index in [1.54, 1.807) is 38.3 Å². The third kappa shape index (κ3) is 4.62. The van der Waals surface area contributed by atoms with E-state index < -0.39 is 4.92 Å². The molecular weight excluding hydrogens is 420 g/mol. The number of anilines is 1. The summed E-state index contributed by atoms with van der Waals surface area (Å²) in [5.74, 6) is 0.947. The zero-order valence-electron chi connectivity index (χ0n) is 18.2. The lowest BCUT2D eigenvalue weighted by atomic mass is 10.1. The monoisotopic (exact) mass is 442 g/mol. The molecule has 0 saturated carbocycles. The number of hydrogen-bond donors (Lipinski definition) is 1. The van der Waals surface area contributed by atoms with Crippen LogP contribution in [0.3, 0.4) is 0 Å². The van der Waals surface area contributed by atoms with Crippen LogP contribution in [0.2, 0.25) is 0 Å². The summed E-state index contributed by atoms with van der Waals surface area (Å²) in [6.07, 6.45) is 0. The molecule has 0 aliphatic heterocycles. The minimum absolute atomic E-state index is 0.0493. The summed E-state index contributed by atoms with van der Waals surface area (Å²) < 4.78 is 11.5. The Balaban J connectivity index is 1.57. The number of rotatable bonds is 7. The molecule has 1 N–H and O–H groups in total. The molecule has 0 saturated heterocycles. The van der Waals surface area contributed by atoms with Crippen molar-refractivity contribution in [1.82, 2.24) is 0 Å². The van der Waals surface area contributed by atoms with E-state index in [0.717, 1.165) is 16.5 Å². The average molecular weight is 442 g/mol. The van der Waals surface area contributed by atoms with Crippen molar-refractivity contribution in [2.24, 2.45) is 0 Å². The fraction of sp³-hybridized carbons (Fsp3) is 0.115. The number of carbonyl (C=O) groups excluding carboxylic acids is 1. The molecular formula is C26H22N2O5. The summed E-state index contributed by atoms with van der Waals surface area (Å²) in [4.78, 5) is 23.6. The van der Waals surface area contributed by atoms with E-state index in [0.29, 0.717) is 28.1 Å². The Hall–Kier alpha value is -4.39. The largest absolute Gasteiger partial charge is 0.496 e.